The average Bonchev–Trinajstić information content (AvgIpc) is 2.04. The minimum absolute atomic E-state index is 0.804. The van der Waals surface area contributed by atoms with Gasteiger partial charge in [-0.15, -0.1) is 0 Å². The number of benzene rings is 1. The van der Waals surface area contributed by atoms with E-state index in [-0.39, 0.29) is 0 Å². The molecule has 0 heterocycles. The Balaban J connectivity index is 1.79. The second-order valence-electron chi connectivity index (χ2n) is 3.33. The second kappa shape index (κ2) is 3.61. The molecule has 63 valence electrons. The van der Waals surface area contributed by atoms with E-state index in [1.165, 1.54) is 19.3 Å². The Morgan fingerprint density at radius 1 is 1.42 bits per heavy atom. The van der Waals surface area contributed by atoms with E-state index in [0.29, 0.717) is 0 Å². The summed E-state index contributed by atoms with van der Waals surface area (Å²) in [6.45, 7) is 0.876. The molecule has 2 rings (SSSR count). The Morgan fingerprint density at radius 2 is 2.33 bits per heavy atom. The van der Waals surface area contributed by atoms with Gasteiger partial charge in [0.2, 0.25) is 0 Å². The first-order valence-electron chi connectivity index (χ1n) is 4.54. The van der Waals surface area contributed by atoms with Gasteiger partial charge in [-0.25, -0.2) is 0 Å². The summed E-state index contributed by atoms with van der Waals surface area (Å²) in [4.78, 5) is 0. The highest BCUT2D eigenvalue weighted by Crippen LogP contribution is 2.26. The van der Waals surface area contributed by atoms with Gasteiger partial charge in [0.15, 0.2) is 0 Å². The lowest BCUT2D eigenvalue weighted by molar-refractivity contribution is 0.180. The van der Waals surface area contributed by atoms with E-state index in [1.54, 1.807) is 0 Å². The average molecular weight is 161 g/mol. The molecule has 12 heavy (non-hydrogen) atoms. The van der Waals surface area contributed by atoms with Crippen LogP contribution in [0.25, 0.3) is 0 Å². The molecule has 0 unspecified atom stereocenters. The molecule has 0 amide bonds. The summed E-state index contributed by atoms with van der Waals surface area (Å²) in [5.74, 6) is 1.68. The van der Waals surface area contributed by atoms with Crippen LogP contribution in [-0.4, -0.2) is 6.61 Å². The fourth-order valence-electron chi connectivity index (χ4n) is 1.33. The van der Waals surface area contributed by atoms with E-state index < -0.39 is 0 Å². The van der Waals surface area contributed by atoms with Crippen LogP contribution in [0.15, 0.2) is 24.3 Å². The van der Waals surface area contributed by atoms with Gasteiger partial charge >= 0.3 is 0 Å². The second-order valence-corrected chi connectivity index (χ2v) is 3.33. The Hall–Kier alpha value is -0.980. The maximum Gasteiger partial charge on any atom is 0.127 e. The van der Waals surface area contributed by atoms with Crippen LogP contribution in [-0.2, 0) is 0 Å². The van der Waals surface area contributed by atoms with Crippen molar-refractivity contribution < 1.29 is 4.74 Å². The molecule has 0 spiro atoms. The maximum atomic E-state index is 5.55. The van der Waals surface area contributed by atoms with Gasteiger partial charge in [-0.2, -0.15) is 0 Å². The fraction of sp³-hybridized carbons (Fsp3) is 0.455. The third-order valence-electron chi connectivity index (χ3n) is 2.38. The van der Waals surface area contributed by atoms with E-state index in [9.17, 15) is 0 Å². The lowest BCUT2D eigenvalue weighted by atomic mass is 9.86. The number of hydrogen-bond donors (Lipinski definition) is 0. The van der Waals surface area contributed by atoms with Gasteiger partial charge in [0, 0.05) is 6.07 Å². The first-order chi connectivity index (χ1) is 5.95. The smallest absolute Gasteiger partial charge is 0.127 e. The molecule has 1 heteroatoms. The monoisotopic (exact) mass is 161 g/mol. The topological polar surface area (TPSA) is 9.23 Å². The normalized spacial score (nSPS) is 17.0. The highest BCUT2D eigenvalue weighted by Gasteiger charge is 2.17. The zero-order valence-electron chi connectivity index (χ0n) is 7.12. The zero-order valence-corrected chi connectivity index (χ0v) is 7.12. The number of ether oxygens (including phenoxy) is 1. The summed E-state index contributed by atoms with van der Waals surface area (Å²) in [5, 5.41) is 0. The van der Waals surface area contributed by atoms with Crippen LogP contribution in [0.1, 0.15) is 19.3 Å². The number of rotatable bonds is 3. The standard InChI is InChI=1S/C11H13O/c1-2-7-11(8-3-1)12-9-10-5-4-6-10/h1-3,7,10H,4-6,9H2. The van der Waals surface area contributed by atoms with Gasteiger partial charge in [-0.1, -0.05) is 24.6 Å². The first-order valence-corrected chi connectivity index (χ1v) is 4.54. The number of hydrogen-bond acceptors (Lipinski definition) is 1. The van der Waals surface area contributed by atoms with Crippen LogP contribution in [0.5, 0.6) is 5.75 Å². The summed E-state index contributed by atoms with van der Waals surface area (Å²) >= 11 is 0. The van der Waals surface area contributed by atoms with Crippen molar-refractivity contribution in [3.63, 3.8) is 0 Å². The van der Waals surface area contributed by atoms with Gasteiger partial charge < -0.3 is 4.74 Å². The summed E-state index contributed by atoms with van der Waals surface area (Å²) in [5.41, 5.74) is 0. The highest BCUT2D eigenvalue weighted by atomic mass is 16.5. The molecular formula is C11H13O. The molecule has 0 aromatic heterocycles. The SMILES string of the molecule is [c]1ccccc1OCC1CCC1. The van der Waals surface area contributed by atoms with E-state index in [1.807, 2.05) is 24.3 Å². The molecule has 1 aliphatic carbocycles. The van der Waals surface area contributed by atoms with Gasteiger partial charge in [0.05, 0.1) is 6.61 Å². The minimum Gasteiger partial charge on any atom is -0.493 e. The van der Waals surface area contributed by atoms with Crippen molar-refractivity contribution in [1.82, 2.24) is 0 Å². The fourth-order valence-corrected chi connectivity index (χ4v) is 1.33. The van der Waals surface area contributed by atoms with Crippen molar-refractivity contribution in [3.05, 3.63) is 30.3 Å². The van der Waals surface area contributed by atoms with E-state index in [4.69, 9.17) is 4.74 Å². The van der Waals surface area contributed by atoms with Crippen molar-refractivity contribution in [2.24, 2.45) is 5.92 Å². The highest BCUT2D eigenvalue weighted by molar-refractivity contribution is 5.19. The van der Waals surface area contributed by atoms with E-state index in [2.05, 4.69) is 6.07 Å². The van der Waals surface area contributed by atoms with Gasteiger partial charge in [0.1, 0.15) is 5.75 Å². The predicted molar refractivity (Wildman–Crippen MR) is 48.1 cm³/mol. The molecule has 1 radical (unpaired) electrons. The molecule has 1 nitrogen and oxygen atoms in total. The van der Waals surface area contributed by atoms with Crippen molar-refractivity contribution >= 4 is 0 Å². The molecule has 1 fully saturated rings. The lowest BCUT2D eigenvalue weighted by Gasteiger charge is -2.24. The minimum atomic E-state index is 0.804. The molecule has 0 saturated heterocycles. The predicted octanol–water partition coefficient (Wildman–Crippen LogP) is 2.67. The van der Waals surface area contributed by atoms with Crippen molar-refractivity contribution in [1.29, 1.82) is 0 Å². The number of para-hydroxylation sites is 1. The van der Waals surface area contributed by atoms with Crippen LogP contribution < -0.4 is 4.74 Å². The molecule has 0 aliphatic heterocycles. The Bertz CT molecular complexity index is 226. The van der Waals surface area contributed by atoms with E-state index >= 15 is 0 Å². The summed E-state index contributed by atoms with van der Waals surface area (Å²) in [7, 11) is 0. The first kappa shape index (κ1) is 7.66. The summed E-state index contributed by atoms with van der Waals surface area (Å²) in [6, 6.07) is 10.8. The molecule has 1 aliphatic rings. The van der Waals surface area contributed by atoms with Crippen molar-refractivity contribution in [3.8, 4) is 5.75 Å². The Kier molecular flexibility index (Phi) is 2.31. The molecule has 0 atom stereocenters. The molecule has 1 aromatic rings. The van der Waals surface area contributed by atoms with Gasteiger partial charge in [0.25, 0.3) is 0 Å². The lowest BCUT2D eigenvalue weighted by Crippen LogP contribution is -2.19. The largest absolute Gasteiger partial charge is 0.493 e. The van der Waals surface area contributed by atoms with Crippen LogP contribution in [0, 0.1) is 12.0 Å². The third kappa shape index (κ3) is 1.79. The molecule has 0 N–H and O–H groups in total. The zero-order chi connectivity index (χ0) is 8.23. The van der Waals surface area contributed by atoms with Crippen molar-refractivity contribution in [2.75, 3.05) is 6.61 Å². The van der Waals surface area contributed by atoms with Crippen LogP contribution >= 0.6 is 0 Å². The Morgan fingerprint density at radius 3 is 2.92 bits per heavy atom. The van der Waals surface area contributed by atoms with Crippen LogP contribution in [0.3, 0.4) is 0 Å². The van der Waals surface area contributed by atoms with E-state index in [0.717, 1.165) is 18.3 Å². The molecule has 1 saturated carbocycles. The summed E-state index contributed by atoms with van der Waals surface area (Å²) in [6.07, 6.45) is 4.06. The molecular weight excluding hydrogens is 148 g/mol. The summed E-state index contributed by atoms with van der Waals surface area (Å²) < 4.78 is 5.55. The van der Waals surface area contributed by atoms with Gasteiger partial charge in [-0.05, 0) is 24.8 Å². The Labute approximate surface area is 73.4 Å². The van der Waals surface area contributed by atoms with Crippen molar-refractivity contribution in [2.45, 2.75) is 19.3 Å². The molecule has 1 aromatic carbocycles. The quantitative estimate of drug-likeness (QED) is 0.662. The van der Waals surface area contributed by atoms with Gasteiger partial charge in [-0.3, -0.25) is 0 Å². The third-order valence-corrected chi connectivity index (χ3v) is 2.38. The van der Waals surface area contributed by atoms with Crippen LogP contribution in [0.2, 0.25) is 0 Å². The maximum absolute atomic E-state index is 5.55. The van der Waals surface area contributed by atoms with Crippen LogP contribution in [0.4, 0.5) is 0 Å². The molecule has 0 bridgehead atoms.